The number of aliphatic hydroxyl groups is 1. The van der Waals surface area contributed by atoms with Crippen molar-refractivity contribution in [2.45, 2.75) is 13.0 Å². The second-order valence-electron chi connectivity index (χ2n) is 4.04. The van der Waals surface area contributed by atoms with Gasteiger partial charge in [-0.3, -0.25) is 0 Å². The molecule has 0 heterocycles. The fourth-order valence-corrected chi connectivity index (χ4v) is 2.49. The number of aliphatic hydroxyl groups excluding tert-OH is 1. The van der Waals surface area contributed by atoms with Crippen LogP contribution in [0.25, 0.3) is 0 Å². The molecule has 5 heteroatoms. The van der Waals surface area contributed by atoms with Crippen LogP contribution in [0.3, 0.4) is 0 Å². The summed E-state index contributed by atoms with van der Waals surface area (Å²) in [5.41, 5.74) is 0.762. The number of hydrogen-bond donors (Lipinski definition) is 1. The summed E-state index contributed by atoms with van der Waals surface area (Å²) in [6.45, 7) is 1.68. The van der Waals surface area contributed by atoms with Gasteiger partial charge in [0.2, 0.25) is 0 Å². The van der Waals surface area contributed by atoms with E-state index in [1.54, 1.807) is 25.1 Å². The molecule has 1 N–H and O–H groups in total. The van der Waals surface area contributed by atoms with Crippen molar-refractivity contribution >= 4 is 27.5 Å². The highest BCUT2D eigenvalue weighted by Gasteiger charge is 2.09. The Bertz CT molecular complexity index is 602. The van der Waals surface area contributed by atoms with Crippen LogP contribution in [0, 0.1) is 5.82 Å². The Balaban J connectivity index is 2.26. The Morgan fingerprint density at radius 2 is 2.00 bits per heavy atom. The lowest BCUT2D eigenvalue weighted by Crippen LogP contribution is -1.93. The third-order valence-electron chi connectivity index (χ3n) is 2.54. The van der Waals surface area contributed by atoms with E-state index in [-0.39, 0.29) is 5.02 Å². The molecule has 0 aromatic heterocycles. The van der Waals surface area contributed by atoms with E-state index in [1.165, 1.54) is 18.2 Å². The summed E-state index contributed by atoms with van der Waals surface area (Å²) in [5, 5.41) is 9.73. The molecule has 0 fully saturated rings. The highest BCUT2D eigenvalue weighted by molar-refractivity contribution is 9.10. The molecule has 0 aliphatic rings. The number of benzene rings is 2. The lowest BCUT2D eigenvalue weighted by molar-refractivity contribution is 0.198. The van der Waals surface area contributed by atoms with Gasteiger partial charge in [-0.25, -0.2) is 4.39 Å². The average Bonchev–Trinajstić information content (AvgIpc) is 2.32. The summed E-state index contributed by atoms with van der Waals surface area (Å²) in [5.74, 6) is 0.507. The lowest BCUT2D eigenvalue weighted by atomic mass is 10.1. The molecule has 2 aromatic rings. The van der Waals surface area contributed by atoms with E-state index in [0.29, 0.717) is 11.5 Å². The molecule has 0 aliphatic heterocycles. The number of hydrogen-bond acceptors (Lipinski definition) is 2. The van der Waals surface area contributed by atoms with Gasteiger partial charge in [0.1, 0.15) is 17.3 Å². The van der Waals surface area contributed by atoms with Gasteiger partial charge in [0, 0.05) is 4.47 Å². The molecule has 0 unspecified atom stereocenters. The summed E-state index contributed by atoms with van der Waals surface area (Å²) >= 11 is 9.24. The van der Waals surface area contributed by atoms with Crippen LogP contribution in [0.2, 0.25) is 5.02 Å². The molecular formula is C14H11BrClFO2. The van der Waals surface area contributed by atoms with Crippen molar-refractivity contribution in [1.29, 1.82) is 0 Å². The lowest BCUT2D eigenvalue weighted by Gasteiger charge is -2.11. The second-order valence-corrected chi connectivity index (χ2v) is 5.30. The van der Waals surface area contributed by atoms with E-state index < -0.39 is 11.9 Å². The first-order valence-corrected chi connectivity index (χ1v) is 6.75. The average molecular weight is 346 g/mol. The molecule has 2 aromatic carbocycles. The van der Waals surface area contributed by atoms with Crippen molar-refractivity contribution in [2.24, 2.45) is 0 Å². The Labute approximate surface area is 123 Å². The maximum atomic E-state index is 12.9. The molecule has 0 bridgehead atoms. The van der Waals surface area contributed by atoms with Crippen LogP contribution in [0.1, 0.15) is 18.6 Å². The fourth-order valence-electron chi connectivity index (χ4n) is 1.60. The molecule has 0 spiro atoms. The van der Waals surface area contributed by atoms with Gasteiger partial charge >= 0.3 is 0 Å². The van der Waals surface area contributed by atoms with E-state index in [4.69, 9.17) is 16.3 Å². The van der Waals surface area contributed by atoms with E-state index >= 15 is 0 Å². The van der Waals surface area contributed by atoms with E-state index in [1.807, 2.05) is 0 Å². The first-order valence-electron chi connectivity index (χ1n) is 5.58. The van der Waals surface area contributed by atoms with Crippen LogP contribution < -0.4 is 4.74 Å². The Morgan fingerprint density at radius 3 is 2.58 bits per heavy atom. The zero-order chi connectivity index (χ0) is 14.0. The third kappa shape index (κ3) is 3.47. The molecule has 1 atom stereocenters. The predicted octanol–water partition coefficient (Wildman–Crippen LogP) is 5.09. The zero-order valence-corrected chi connectivity index (χ0v) is 12.4. The van der Waals surface area contributed by atoms with Crippen LogP contribution in [0.5, 0.6) is 11.5 Å². The van der Waals surface area contributed by atoms with E-state index in [2.05, 4.69) is 15.9 Å². The molecule has 19 heavy (non-hydrogen) atoms. The second kappa shape index (κ2) is 5.90. The molecule has 0 saturated heterocycles. The van der Waals surface area contributed by atoms with Gasteiger partial charge < -0.3 is 9.84 Å². The molecular weight excluding hydrogens is 335 g/mol. The first-order chi connectivity index (χ1) is 8.97. The molecule has 0 saturated carbocycles. The molecule has 2 nitrogen and oxygen atoms in total. The summed E-state index contributed by atoms with van der Waals surface area (Å²) in [6, 6.07) is 9.13. The van der Waals surface area contributed by atoms with Crippen molar-refractivity contribution in [3.8, 4) is 11.5 Å². The van der Waals surface area contributed by atoms with Crippen LogP contribution in [0.15, 0.2) is 40.9 Å². The smallest absolute Gasteiger partial charge is 0.146 e. The van der Waals surface area contributed by atoms with Crippen molar-refractivity contribution in [1.82, 2.24) is 0 Å². The molecule has 2 rings (SSSR count). The summed E-state index contributed by atoms with van der Waals surface area (Å²) < 4.78 is 19.2. The monoisotopic (exact) mass is 344 g/mol. The summed E-state index contributed by atoms with van der Waals surface area (Å²) in [6.07, 6.45) is -0.571. The van der Waals surface area contributed by atoms with Gasteiger partial charge in [-0.1, -0.05) is 33.6 Å². The van der Waals surface area contributed by atoms with Gasteiger partial charge in [0.15, 0.2) is 0 Å². The van der Waals surface area contributed by atoms with Crippen LogP contribution in [0.4, 0.5) is 4.39 Å². The Morgan fingerprint density at radius 1 is 1.26 bits per heavy atom. The Hall–Kier alpha value is -1.10. The minimum atomic E-state index is -0.571. The number of ether oxygens (including phenoxy) is 1. The summed E-state index contributed by atoms with van der Waals surface area (Å²) in [4.78, 5) is 0. The minimum absolute atomic E-state index is 0.204. The van der Waals surface area contributed by atoms with E-state index in [9.17, 15) is 9.50 Å². The highest BCUT2D eigenvalue weighted by atomic mass is 79.9. The number of rotatable bonds is 3. The van der Waals surface area contributed by atoms with Gasteiger partial charge in [0.25, 0.3) is 0 Å². The van der Waals surface area contributed by atoms with E-state index in [0.717, 1.165) is 10.0 Å². The first kappa shape index (κ1) is 14.3. The van der Waals surface area contributed by atoms with Crippen LogP contribution >= 0.6 is 27.5 Å². The third-order valence-corrected chi connectivity index (χ3v) is 3.53. The Kier molecular flexibility index (Phi) is 4.45. The van der Waals surface area contributed by atoms with Crippen molar-refractivity contribution in [2.75, 3.05) is 0 Å². The zero-order valence-electron chi connectivity index (χ0n) is 10.0. The molecule has 0 amide bonds. The number of halogens is 3. The molecule has 100 valence electrons. The van der Waals surface area contributed by atoms with Crippen molar-refractivity contribution in [3.05, 3.63) is 57.3 Å². The fraction of sp³-hybridized carbons (Fsp3) is 0.143. The highest BCUT2D eigenvalue weighted by Crippen LogP contribution is 2.33. The van der Waals surface area contributed by atoms with Gasteiger partial charge in [-0.15, -0.1) is 0 Å². The normalized spacial score (nSPS) is 12.3. The topological polar surface area (TPSA) is 29.5 Å². The van der Waals surface area contributed by atoms with Crippen molar-refractivity contribution in [3.63, 3.8) is 0 Å². The van der Waals surface area contributed by atoms with Gasteiger partial charge in [-0.05, 0) is 42.8 Å². The maximum absolute atomic E-state index is 12.9. The van der Waals surface area contributed by atoms with Gasteiger partial charge in [-0.2, -0.15) is 0 Å². The molecule has 0 aliphatic carbocycles. The van der Waals surface area contributed by atoms with Gasteiger partial charge in [0.05, 0.1) is 11.1 Å². The van der Waals surface area contributed by atoms with Crippen LogP contribution in [-0.2, 0) is 0 Å². The maximum Gasteiger partial charge on any atom is 0.146 e. The standard InChI is InChI=1S/C14H11BrClFO2/c1-8(18)11-4-3-10(7-12(11)15)19-14-5-2-9(17)6-13(14)16/h2-8,18H,1H3/t8-/m0/s1. The predicted molar refractivity (Wildman–Crippen MR) is 76.3 cm³/mol. The SMILES string of the molecule is C[C@H](O)c1ccc(Oc2ccc(F)cc2Cl)cc1Br. The van der Waals surface area contributed by atoms with Crippen LogP contribution in [-0.4, -0.2) is 5.11 Å². The largest absolute Gasteiger partial charge is 0.456 e. The quantitative estimate of drug-likeness (QED) is 0.840. The molecule has 0 radical (unpaired) electrons. The van der Waals surface area contributed by atoms with Crippen molar-refractivity contribution < 1.29 is 14.2 Å². The summed E-state index contributed by atoms with van der Waals surface area (Å²) in [7, 11) is 0. The minimum Gasteiger partial charge on any atom is -0.456 e.